The predicted octanol–water partition coefficient (Wildman–Crippen LogP) is 5.88. The smallest absolute Gasteiger partial charge is 0.326 e. The van der Waals surface area contributed by atoms with Crippen LogP contribution < -0.4 is 5.32 Å². The van der Waals surface area contributed by atoms with Crippen molar-refractivity contribution in [3.8, 4) is 0 Å². The van der Waals surface area contributed by atoms with Crippen LogP contribution in [-0.4, -0.2) is 10.8 Å². The van der Waals surface area contributed by atoms with Crippen LogP contribution in [0.25, 0.3) is 0 Å². The van der Waals surface area contributed by atoms with E-state index in [1.165, 1.54) is 12.1 Å². The van der Waals surface area contributed by atoms with Gasteiger partial charge in [-0.1, -0.05) is 11.6 Å². The zero-order chi connectivity index (χ0) is 18.0. The van der Waals surface area contributed by atoms with E-state index in [2.05, 4.69) is 5.32 Å². The van der Waals surface area contributed by atoms with E-state index in [0.717, 1.165) is 38.2 Å². The number of halogens is 5. The van der Waals surface area contributed by atoms with E-state index in [-0.39, 0.29) is 21.5 Å². The number of alkyl halides is 4. The molecule has 4 aliphatic carbocycles. The van der Waals surface area contributed by atoms with Crippen molar-refractivity contribution in [2.45, 2.75) is 49.6 Å². The molecule has 0 radical (unpaired) electrons. The minimum absolute atomic E-state index is 0.126. The second kappa shape index (κ2) is 5.53. The highest BCUT2D eigenvalue weighted by atomic mass is 35.5. The van der Waals surface area contributed by atoms with E-state index in [9.17, 15) is 18.0 Å². The molecule has 0 aromatic heterocycles. The van der Waals surface area contributed by atoms with Gasteiger partial charge in [0, 0.05) is 10.6 Å². The Morgan fingerprint density at radius 2 is 1.80 bits per heavy atom. The molecule has 25 heavy (non-hydrogen) atoms. The Balaban J connectivity index is 1.59. The van der Waals surface area contributed by atoms with Gasteiger partial charge in [-0.3, -0.25) is 4.79 Å². The second-order valence-electron chi connectivity index (χ2n) is 8.04. The average molecular weight is 392 g/mol. The molecule has 4 atom stereocenters. The molecule has 2 unspecified atom stereocenters. The molecule has 4 aliphatic rings. The Kier molecular flexibility index (Phi) is 3.86. The molecular formula is C18H18Cl2F3NO. The third-order valence-electron chi connectivity index (χ3n) is 6.00. The summed E-state index contributed by atoms with van der Waals surface area (Å²) < 4.78 is 39.0. The highest BCUT2D eigenvalue weighted by Crippen LogP contribution is 2.64. The minimum atomic E-state index is -4.56. The highest BCUT2D eigenvalue weighted by molar-refractivity contribution is 6.31. The number of amides is 1. The first-order valence-corrected chi connectivity index (χ1v) is 9.21. The maximum Gasteiger partial charge on any atom is 0.417 e. The summed E-state index contributed by atoms with van der Waals surface area (Å²) >= 11 is 12.4. The lowest BCUT2D eigenvalue weighted by Crippen LogP contribution is -2.57. The second-order valence-corrected chi connectivity index (χ2v) is 9.25. The van der Waals surface area contributed by atoms with Crippen LogP contribution in [0.2, 0.25) is 5.02 Å². The molecule has 1 aromatic carbocycles. The molecule has 136 valence electrons. The molecule has 4 bridgehead atoms. The number of hydrogen-bond donors (Lipinski definition) is 1. The van der Waals surface area contributed by atoms with E-state index >= 15 is 0 Å². The SMILES string of the molecule is O=C(Nc1ccc(Cl)c(C(F)(F)F)c1)C12C[C@@H]3C[C@@H](CC(Cl)(C3)C1)C2. The summed E-state index contributed by atoms with van der Waals surface area (Å²) in [5.74, 6) is 0.683. The third kappa shape index (κ3) is 3.03. The molecule has 4 saturated carbocycles. The number of hydrogen-bond acceptors (Lipinski definition) is 1. The van der Waals surface area contributed by atoms with Crippen LogP contribution >= 0.6 is 23.2 Å². The van der Waals surface area contributed by atoms with Crippen LogP contribution in [0.15, 0.2) is 18.2 Å². The first-order valence-electron chi connectivity index (χ1n) is 8.46. The van der Waals surface area contributed by atoms with Gasteiger partial charge in [-0.05, 0) is 68.6 Å². The summed E-state index contributed by atoms with van der Waals surface area (Å²) in [6.45, 7) is 0. The largest absolute Gasteiger partial charge is 0.417 e. The van der Waals surface area contributed by atoms with Crippen molar-refractivity contribution >= 4 is 34.8 Å². The molecule has 0 saturated heterocycles. The Morgan fingerprint density at radius 3 is 2.36 bits per heavy atom. The van der Waals surface area contributed by atoms with Gasteiger partial charge in [-0.25, -0.2) is 0 Å². The lowest BCUT2D eigenvalue weighted by molar-refractivity contribution is -0.139. The molecule has 5 rings (SSSR count). The van der Waals surface area contributed by atoms with Gasteiger partial charge in [0.25, 0.3) is 0 Å². The summed E-state index contributed by atoms with van der Waals surface area (Å²) in [7, 11) is 0. The number of benzene rings is 1. The number of anilines is 1. The van der Waals surface area contributed by atoms with Gasteiger partial charge < -0.3 is 5.32 Å². The monoisotopic (exact) mass is 391 g/mol. The van der Waals surface area contributed by atoms with Crippen molar-refractivity contribution in [2.24, 2.45) is 17.3 Å². The molecule has 7 heteroatoms. The fourth-order valence-electron chi connectivity index (χ4n) is 5.50. The molecule has 2 nitrogen and oxygen atoms in total. The average Bonchev–Trinajstić information content (AvgIpc) is 2.45. The van der Waals surface area contributed by atoms with Crippen molar-refractivity contribution in [1.29, 1.82) is 0 Å². The molecule has 0 heterocycles. The first kappa shape index (κ1) is 17.5. The number of carbonyl (C=O) groups excluding carboxylic acids is 1. The number of carbonyl (C=O) groups is 1. The molecule has 1 aromatic rings. The van der Waals surface area contributed by atoms with Crippen molar-refractivity contribution in [3.63, 3.8) is 0 Å². The number of nitrogens with one attached hydrogen (secondary N) is 1. The molecule has 1 N–H and O–H groups in total. The number of rotatable bonds is 2. The zero-order valence-corrected chi connectivity index (χ0v) is 14.9. The fraction of sp³-hybridized carbons (Fsp3) is 0.611. The molecule has 0 spiro atoms. The Bertz CT molecular complexity index is 720. The van der Waals surface area contributed by atoms with Crippen molar-refractivity contribution in [1.82, 2.24) is 0 Å². The van der Waals surface area contributed by atoms with Gasteiger partial charge in [0.1, 0.15) is 0 Å². The highest BCUT2D eigenvalue weighted by Gasteiger charge is 2.60. The minimum Gasteiger partial charge on any atom is -0.326 e. The van der Waals surface area contributed by atoms with Crippen LogP contribution in [0.1, 0.15) is 44.1 Å². The first-order chi connectivity index (χ1) is 11.6. The predicted molar refractivity (Wildman–Crippen MR) is 90.8 cm³/mol. The summed E-state index contributed by atoms with van der Waals surface area (Å²) in [5.41, 5.74) is -1.36. The normalized spacial score (nSPS) is 36.5. The molecule has 1 amide bonds. The lowest BCUT2D eigenvalue weighted by Gasteiger charge is -2.59. The molecule has 4 fully saturated rings. The van der Waals surface area contributed by atoms with E-state index in [1.54, 1.807) is 0 Å². The van der Waals surface area contributed by atoms with Crippen molar-refractivity contribution < 1.29 is 18.0 Å². The van der Waals surface area contributed by atoms with Crippen molar-refractivity contribution in [3.05, 3.63) is 28.8 Å². The Morgan fingerprint density at radius 1 is 1.16 bits per heavy atom. The van der Waals surface area contributed by atoms with Crippen LogP contribution in [0.4, 0.5) is 18.9 Å². The standard InChI is InChI=1S/C18H18Cl2F3NO/c19-14-2-1-12(4-13(14)18(21,22)23)24-15(25)16-5-10-3-11(6-16)8-17(20,7-10)9-16/h1-2,4,10-11H,3,5-9H2,(H,24,25)/t10-,11+,16?,17?. The quantitative estimate of drug-likeness (QED) is 0.627. The van der Waals surface area contributed by atoms with E-state index in [1.807, 2.05) is 0 Å². The van der Waals surface area contributed by atoms with Crippen LogP contribution in [-0.2, 0) is 11.0 Å². The zero-order valence-electron chi connectivity index (χ0n) is 13.4. The van der Waals surface area contributed by atoms with Gasteiger partial charge in [0.05, 0.1) is 16.0 Å². The van der Waals surface area contributed by atoms with Crippen LogP contribution in [0.3, 0.4) is 0 Å². The Hall–Kier alpha value is -0.940. The topological polar surface area (TPSA) is 29.1 Å². The maximum absolute atomic E-state index is 13.0. The maximum atomic E-state index is 13.0. The fourth-order valence-corrected chi connectivity index (χ4v) is 6.42. The molecule has 0 aliphatic heterocycles. The van der Waals surface area contributed by atoms with E-state index in [0.29, 0.717) is 18.3 Å². The van der Waals surface area contributed by atoms with Gasteiger partial charge in [0.15, 0.2) is 0 Å². The molecular weight excluding hydrogens is 374 g/mol. The summed E-state index contributed by atoms with van der Waals surface area (Å²) in [4.78, 5) is 12.6. The van der Waals surface area contributed by atoms with E-state index in [4.69, 9.17) is 23.2 Å². The summed E-state index contributed by atoms with van der Waals surface area (Å²) in [5, 5.41) is 2.32. The summed E-state index contributed by atoms with van der Waals surface area (Å²) in [6, 6.07) is 3.48. The summed E-state index contributed by atoms with van der Waals surface area (Å²) in [6.07, 6.45) is 0.618. The van der Waals surface area contributed by atoms with Gasteiger partial charge in [-0.2, -0.15) is 13.2 Å². The van der Waals surface area contributed by atoms with E-state index < -0.39 is 17.2 Å². The van der Waals surface area contributed by atoms with Gasteiger partial charge in [-0.15, -0.1) is 11.6 Å². The Labute approximate surface area is 154 Å². The third-order valence-corrected chi connectivity index (χ3v) is 6.77. The lowest BCUT2D eigenvalue weighted by atomic mass is 9.49. The van der Waals surface area contributed by atoms with Crippen molar-refractivity contribution in [2.75, 3.05) is 5.32 Å². The van der Waals surface area contributed by atoms with Crippen LogP contribution in [0.5, 0.6) is 0 Å². The van der Waals surface area contributed by atoms with Gasteiger partial charge >= 0.3 is 6.18 Å². The van der Waals surface area contributed by atoms with Gasteiger partial charge in [0.2, 0.25) is 5.91 Å². The van der Waals surface area contributed by atoms with Crippen LogP contribution in [0, 0.1) is 17.3 Å².